The minimum absolute atomic E-state index is 0.360. The molecule has 1 aliphatic rings. The molecule has 0 saturated heterocycles. The Morgan fingerprint density at radius 3 is 2.62 bits per heavy atom. The molecule has 0 amide bonds. The molecule has 0 aromatic heterocycles. The van der Waals surface area contributed by atoms with Gasteiger partial charge in [-0.05, 0) is 37.9 Å². The summed E-state index contributed by atoms with van der Waals surface area (Å²) in [5, 5.41) is 1.33. The highest BCUT2D eigenvalue weighted by atomic mass is 32.2. The predicted octanol–water partition coefficient (Wildman–Crippen LogP) is 0.959. The summed E-state index contributed by atoms with van der Waals surface area (Å²) < 4.78 is 23.6. The van der Waals surface area contributed by atoms with E-state index < -0.39 is 9.84 Å². The van der Waals surface area contributed by atoms with Crippen molar-refractivity contribution >= 4 is 21.1 Å². The van der Waals surface area contributed by atoms with E-state index in [-0.39, 0.29) is 0 Å². The number of hydrogen-bond acceptors (Lipinski definition) is 4. The van der Waals surface area contributed by atoms with Crippen molar-refractivity contribution in [3.8, 4) is 0 Å². The smallest absolute Gasteiger partial charge is 0.200 e. The van der Waals surface area contributed by atoms with E-state index in [0.29, 0.717) is 17.1 Å². The highest BCUT2D eigenvalue weighted by molar-refractivity contribution is 7.95. The molecule has 1 aliphatic heterocycles. The van der Waals surface area contributed by atoms with Crippen LogP contribution in [0.1, 0.15) is 5.56 Å². The second-order valence-electron chi connectivity index (χ2n) is 4.18. The monoisotopic (exact) mass is 238 g/mol. The van der Waals surface area contributed by atoms with Crippen molar-refractivity contribution in [3.05, 3.63) is 29.2 Å². The quantitative estimate of drug-likeness (QED) is 0.779. The number of anilines is 1. The molecule has 4 nitrogen and oxygen atoms in total. The van der Waals surface area contributed by atoms with Gasteiger partial charge in [0.25, 0.3) is 0 Å². The third kappa shape index (κ3) is 1.83. The Morgan fingerprint density at radius 2 is 2.00 bits per heavy atom. The minimum atomic E-state index is -3.26. The minimum Gasteiger partial charge on any atom is -0.399 e. The van der Waals surface area contributed by atoms with Crippen molar-refractivity contribution in [2.24, 2.45) is 0 Å². The first-order valence-electron chi connectivity index (χ1n) is 4.90. The molecule has 0 aliphatic carbocycles. The van der Waals surface area contributed by atoms with Gasteiger partial charge >= 0.3 is 0 Å². The van der Waals surface area contributed by atoms with Crippen molar-refractivity contribution in [3.63, 3.8) is 0 Å². The predicted molar refractivity (Wildman–Crippen MR) is 64.6 cm³/mol. The molecule has 2 N–H and O–H groups in total. The molecule has 16 heavy (non-hydrogen) atoms. The third-order valence-electron chi connectivity index (χ3n) is 2.44. The Kier molecular flexibility index (Phi) is 2.52. The van der Waals surface area contributed by atoms with Crippen molar-refractivity contribution in [2.75, 3.05) is 26.4 Å². The summed E-state index contributed by atoms with van der Waals surface area (Å²) in [7, 11) is 0.540. The summed E-state index contributed by atoms with van der Waals surface area (Å²) in [4.78, 5) is 2.29. The average molecular weight is 238 g/mol. The van der Waals surface area contributed by atoms with E-state index in [1.807, 2.05) is 19.0 Å². The molecule has 0 atom stereocenters. The van der Waals surface area contributed by atoms with E-state index in [2.05, 4.69) is 0 Å². The van der Waals surface area contributed by atoms with Gasteiger partial charge < -0.3 is 10.6 Å². The van der Waals surface area contributed by atoms with Crippen LogP contribution in [0.3, 0.4) is 0 Å². The van der Waals surface area contributed by atoms with E-state index in [1.54, 1.807) is 18.2 Å². The second kappa shape index (κ2) is 3.61. The molecule has 0 radical (unpaired) electrons. The molecule has 0 unspecified atom stereocenters. The van der Waals surface area contributed by atoms with Crippen LogP contribution < -0.4 is 5.73 Å². The summed E-state index contributed by atoms with van der Waals surface area (Å²) in [6, 6.07) is 4.90. The van der Waals surface area contributed by atoms with Crippen LogP contribution in [-0.4, -0.2) is 34.0 Å². The maximum Gasteiger partial charge on any atom is 0.200 e. The molecule has 0 saturated carbocycles. The van der Waals surface area contributed by atoms with Crippen molar-refractivity contribution in [2.45, 2.75) is 4.90 Å². The molecule has 0 fully saturated rings. The highest BCUT2D eigenvalue weighted by Crippen LogP contribution is 2.34. The van der Waals surface area contributed by atoms with Gasteiger partial charge in [0, 0.05) is 23.2 Å². The number of nitrogen functional groups attached to an aromatic ring is 1. The molecule has 2 rings (SSSR count). The normalized spacial score (nSPS) is 17.3. The fourth-order valence-corrected chi connectivity index (χ4v) is 3.28. The van der Waals surface area contributed by atoms with Gasteiger partial charge in [-0.3, -0.25) is 0 Å². The number of likely N-dealkylation sites (N-methyl/N-ethyl adjacent to an activating group) is 1. The zero-order valence-corrected chi connectivity index (χ0v) is 10.1. The Hall–Kier alpha value is -1.33. The number of nitrogens with two attached hydrogens (primary N) is 1. The number of rotatable bonds is 2. The lowest BCUT2D eigenvalue weighted by molar-refractivity contribution is 0.463. The molecular weight excluding hydrogens is 224 g/mol. The standard InChI is InChI=1S/C11H14N2O2S/c1-13(2)6-8-7-16(14,15)11-4-3-9(12)5-10(8)11/h3-5,7H,6,12H2,1-2H3. The van der Waals surface area contributed by atoms with Crippen LogP contribution in [0.15, 0.2) is 28.5 Å². The summed E-state index contributed by atoms with van der Waals surface area (Å²) in [5.41, 5.74) is 7.79. The molecule has 0 bridgehead atoms. The van der Waals surface area contributed by atoms with E-state index in [9.17, 15) is 8.42 Å². The van der Waals surface area contributed by atoms with Gasteiger partial charge in [0.15, 0.2) is 0 Å². The van der Waals surface area contributed by atoms with Crippen LogP contribution in [0.4, 0.5) is 5.69 Å². The molecule has 5 heteroatoms. The molecule has 1 aromatic rings. The third-order valence-corrected chi connectivity index (χ3v) is 4.00. The summed E-state index contributed by atoms with van der Waals surface area (Å²) in [6.07, 6.45) is 0. The van der Waals surface area contributed by atoms with Crippen molar-refractivity contribution in [1.82, 2.24) is 4.90 Å². The molecule has 1 heterocycles. The van der Waals surface area contributed by atoms with Crippen LogP contribution in [0.25, 0.3) is 5.57 Å². The number of fused-ring (bicyclic) bond motifs is 1. The zero-order chi connectivity index (χ0) is 11.9. The first-order valence-corrected chi connectivity index (χ1v) is 6.45. The van der Waals surface area contributed by atoms with Gasteiger partial charge in [0.1, 0.15) is 0 Å². The fraction of sp³-hybridized carbons (Fsp3) is 0.273. The lowest BCUT2D eigenvalue weighted by Crippen LogP contribution is -2.13. The first kappa shape index (κ1) is 11.2. The summed E-state index contributed by atoms with van der Waals surface area (Å²) in [6.45, 7) is 0.593. The van der Waals surface area contributed by atoms with Crippen LogP contribution in [-0.2, 0) is 9.84 Å². The summed E-state index contributed by atoms with van der Waals surface area (Å²) in [5.74, 6) is 0. The van der Waals surface area contributed by atoms with Crippen molar-refractivity contribution < 1.29 is 8.42 Å². The average Bonchev–Trinajstić information content (AvgIpc) is 2.37. The lowest BCUT2D eigenvalue weighted by Gasteiger charge is -2.11. The molecular formula is C11H14N2O2S. The van der Waals surface area contributed by atoms with E-state index in [0.717, 1.165) is 11.1 Å². The SMILES string of the molecule is CN(C)CC1=CS(=O)(=O)c2ccc(N)cc21. The Balaban J connectivity index is 2.57. The second-order valence-corrected chi connectivity index (χ2v) is 5.95. The Bertz CT molecular complexity index is 559. The van der Waals surface area contributed by atoms with Gasteiger partial charge in [0.05, 0.1) is 4.90 Å². The van der Waals surface area contributed by atoms with E-state index in [1.165, 1.54) is 5.41 Å². The maximum atomic E-state index is 11.8. The van der Waals surface area contributed by atoms with Gasteiger partial charge in [0.2, 0.25) is 9.84 Å². The molecule has 1 aromatic carbocycles. The zero-order valence-electron chi connectivity index (χ0n) is 9.27. The Morgan fingerprint density at radius 1 is 1.31 bits per heavy atom. The van der Waals surface area contributed by atoms with Crippen LogP contribution >= 0.6 is 0 Å². The van der Waals surface area contributed by atoms with Gasteiger partial charge in [-0.25, -0.2) is 8.42 Å². The van der Waals surface area contributed by atoms with Crippen LogP contribution in [0.5, 0.6) is 0 Å². The molecule has 86 valence electrons. The first-order chi connectivity index (χ1) is 7.40. The number of sulfone groups is 1. The van der Waals surface area contributed by atoms with Crippen LogP contribution in [0.2, 0.25) is 0 Å². The Labute approximate surface area is 95.3 Å². The maximum absolute atomic E-state index is 11.8. The molecule has 0 spiro atoms. The topological polar surface area (TPSA) is 63.4 Å². The summed E-state index contributed by atoms with van der Waals surface area (Å²) >= 11 is 0. The van der Waals surface area contributed by atoms with Gasteiger partial charge in [-0.1, -0.05) is 0 Å². The number of hydrogen-bond donors (Lipinski definition) is 1. The fourth-order valence-electron chi connectivity index (χ4n) is 1.82. The van der Waals surface area contributed by atoms with Crippen LogP contribution in [0, 0.1) is 0 Å². The largest absolute Gasteiger partial charge is 0.399 e. The van der Waals surface area contributed by atoms with Gasteiger partial charge in [-0.2, -0.15) is 0 Å². The van der Waals surface area contributed by atoms with E-state index >= 15 is 0 Å². The van der Waals surface area contributed by atoms with Gasteiger partial charge in [-0.15, -0.1) is 0 Å². The highest BCUT2D eigenvalue weighted by Gasteiger charge is 2.26. The van der Waals surface area contributed by atoms with E-state index in [4.69, 9.17) is 5.73 Å². The lowest BCUT2D eigenvalue weighted by atomic mass is 10.1. The van der Waals surface area contributed by atoms with Crippen molar-refractivity contribution in [1.29, 1.82) is 0 Å². The number of benzene rings is 1. The number of nitrogens with zero attached hydrogens (tertiary/aromatic N) is 1.